The molecule has 0 saturated heterocycles. The lowest BCUT2D eigenvalue weighted by Gasteiger charge is -2.09. The first-order valence-corrected chi connectivity index (χ1v) is 4.92. The van der Waals surface area contributed by atoms with Crippen LogP contribution < -0.4 is 5.73 Å². The predicted octanol–water partition coefficient (Wildman–Crippen LogP) is 2.19. The average molecular weight is 168 g/mol. The van der Waals surface area contributed by atoms with Gasteiger partial charge in [0.1, 0.15) is 0 Å². The molecule has 12 heavy (non-hydrogen) atoms. The van der Waals surface area contributed by atoms with Crippen molar-refractivity contribution in [2.75, 3.05) is 0 Å². The molecule has 1 saturated carbocycles. The highest BCUT2D eigenvalue weighted by Crippen LogP contribution is 2.34. The number of nitrogens with two attached hydrogens (primary N) is 1. The van der Waals surface area contributed by atoms with Gasteiger partial charge in [0.25, 0.3) is 0 Å². The fourth-order valence-corrected chi connectivity index (χ4v) is 1.29. The highest BCUT2D eigenvalue weighted by Gasteiger charge is 2.23. The van der Waals surface area contributed by atoms with Crippen molar-refractivity contribution in [1.82, 2.24) is 0 Å². The third-order valence-corrected chi connectivity index (χ3v) is 2.33. The van der Waals surface area contributed by atoms with E-state index >= 15 is 0 Å². The van der Waals surface area contributed by atoms with Crippen LogP contribution >= 0.6 is 0 Å². The van der Waals surface area contributed by atoms with Gasteiger partial charge in [-0.3, -0.25) is 4.99 Å². The van der Waals surface area contributed by atoms with Crippen molar-refractivity contribution in [3.63, 3.8) is 0 Å². The molecule has 0 radical (unpaired) electrons. The summed E-state index contributed by atoms with van der Waals surface area (Å²) in [5.41, 5.74) is 5.76. The average Bonchev–Trinajstić information content (AvgIpc) is 2.71. The van der Waals surface area contributed by atoms with Gasteiger partial charge in [-0.2, -0.15) is 0 Å². The molecule has 2 nitrogen and oxygen atoms in total. The fourth-order valence-electron chi connectivity index (χ4n) is 1.29. The van der Waals surface area contributed by atoms with Gasteiger partial charge < -0.3 is 5.73 Å². The van der Waals surface area contributed by atoms with E-state index in [9.17, 15) is 0 Å². The fraction of sp³-hybridized carbons (Fsp3) is 0.900. The van der Waals surface area contributed by atoms with E-state index in [1.54, 1.807) is 0 Å². The van der Waals surface area contributed by atoms with Crippen LogP contribution in [0, 0.1) is 11.8 Å². The number of amidine groups is 1. The Morgan fingerprint density at radius 3 is 2.42 bits per heavy atom. The molecule has 0 amide bonds. The number of hydrogen-bond acceptors (Lipinski definition) is 1. The maximum Gasteiger partial charge on any atom is 0.0966 e. The van der Waals surface area contributed by atoms with Gasteiger partial charge in [0.15, 0.2) is 0 Å². The van der Waals surface area contributed by atoms with Crippen molar-refractivity contribution in [1.29, 1.82) is 0 Å². The summed E-state index contributed by atoms with van der Waals surface area (Å²) < 4.78 is 0. The molecule has 0 aliphatic heterocycles. The Kier molecular flexibility index (Phi) is 3.12. The Morgan fingerprint density at radius 2 is 2.00 bits per heavy atom. The second-order valence-electron chi connectivity index (χ2n) is 4.24. The summed E-state index contributed by atoms with van der Waals surface area (Å²) >= 11 is 0. The van der Waals surface area contributed by atoms with Crippen molar-refractivity contribution in [3.05, 3.63) is 0 Å². The molecule has 2 N–H and O–H groups in total. The highest BCUT2D eigenvalue weighted by atomic mass is 14.9. The standard InChI is InChI=1S/C10H20N2/c1-7(2)10(11)12-8(3)6-9-4-5-9/h7-9H,4-6H2,1-3H3,(H2,11,12). The van der Waals surface area contributed by atoms with E-state index in [1.807, 2.05) is 0 Å². The molecule has 70 valence electrons. The van der Waals surface area contributed by atoms with Crippen LogP contribution in [0.1, 0.15) is 40.0 Å². The Labute approximate surface area is 75.3 Å². The molecule has 2 heteroatoms. The van der Waals surface area contributed by atoms with Crippen molar-refractivity contribution >= 4 is 5.84 Å². The van der Waals surface area contributed by atoms with Crippen LogP contribution in [0.3, 0.4) is 0 Å². The third-order valence-electron chi connectivity index (χ3n) is 2.33. The van der Waals surface area contributed by atoms with Gasteiger partial charge in [0, 0.05) is 12.0 Å². The maximum absolute atomic E-state index is 5.76. The van der Waals surface area contributed by atoms with Crippen molar-refractivity contribution in [2.24, 2.45) is 22.6 Å². The zero-order chi connectivity index (χ0) is 9.14. The van der Waals surface area contributed by atoms with Crippen molar-refractivity contribution in [3.8, 4) is 0 Å². The largest absolute Gasteiger partial charge is 0.387 e. The molecule has 1 aliphatic carbocycles. The lowest BCUT2D eigenvalue weighted by molar-refractivity contribution is 0.607. The predicted molar refractivity (Wildman–Crippen MR) is 53.3 cm³/mol. The summed E-state index contributed by atoms with van der Waals surface area (Å²) in [5, 5.41) is 0. The number of aliphatic imine (C=N–C) groups is 1. The lowest BCUT2D eigenvalue weighted by atomic mass is 10.1. The molecular weight excluding hydrogens is 148 g/mol. The second-order valence-corrected chi connectivity index (χ2v) is 4.24. The zero-order valence-electron chi connectivity index (χ0n) is 8.38. The van der Waals surface area contributed by atoms with Crippen molar-refractivity contribution in [2.45, 2.75) is 46.1 Å². The lowest BCUT2D eigenvalue weighted by Crippen LogP contribution is -2.21. The van der Waals surface area contributed by atoms with Gasteiger partial charge in [-0.05, 0) is 19.3 Å². The van der Waals surface area contributed by atoms with Gasteiger partial charge >= 0.3 is 0 Å². The number of nitrogens with zero attached hydrogens (tertiary/aromatic N) is 1. The van der Waals surface area contributed by atoms with Crippen LogP contribution in [-0.2, 0) is 0 Å². The van der Waals surface area contributed by atoms with E-state index < -0.39 is 0 Å². The Bertz CT molecular complexity index is 169. The van der Waals surface area contributed by atoms with Gasteiger partial charge in [-0.25, -0.2) is 0 Å². The molecule has 0 aromatic carbocycles. The van der Waals surface area contributed by atoms with E-state index in [0.29, 0.717) is 12.0 Å². The highest BCUT2D eigenvalue weighted by molar-refractivity contribution is 5.82. The summed E-state index contributed by atoms with van der Waals surface area (Å²) in [6.45, 7) is 6.33. The molecule has 0 bridgehead atoms. The summed E-state index contributed by atoms with van der Waals surface area (Å²) in [6.07, 6.45) is 4.04. The number of hydrogen-bond donors (Lipinski definition) is 1. The van der Waals surface area contributed by atoms with Crippen LogP contribution in [0.5, 0.6) is 0 Å². The SMILES string of the molecule is CC(CC1CC1)N=C(N)C(C)C. The maximum atomic E-state index is 5.76. The Hall–Kier alpha value is -0.530. The van der Waals surface area contributed by atoms with Crippen molar-refractivity contribution < 1.29 is 0 Å². The van der Waals surface area contributed by atoms with Crippen LogP contribution in [0.4, 0.5) is 0 Å². The van der Waals surface area contributed by atoms with Crippen LogP contribution in [0.2, 0.25) is 0 Å². The van der Waals surface area contributed by atoms with Gasteiger partial charge in [0.2, 0.25) is 0 Å². The van der Waals surface area contributed by atoms with Gasteiger partial charge in [-0.1, -0.05) is 26.7 Å². The van der Waals surface area contributed by atoms with E-state index in [2.05, 4.69) is 25.8 Å². The minimum absolute atomic E-state index is 0.395. The van der Waals surface area contributed by atoms with Gasteiger partial charge in [-0.15, -0.1) is 0 Å². The summed E-state index contributed by atoms with van der Waals surface area (Å²) in [6, 6.07) is 0.430. The van der Waals surface area contributed by atoms with E-state index in [4.69, 9.17) is 5.73 Å². The molecular formula is C10H20N2. The van der Waals surface area contributed by atoms with Crippen LogP contribution in [0.15, 0.2) is 4.99 Å². The molecule has 1 atom stereocenters. The van der Waals surface area contributed by atoms with E-state index in [-0.39, 0.29) is 0 Å². The molecule has 0 spiro atoms. The molecule has 1 unspecified atom stereocenters. The minimum atomic E-state index is 0.395. The van der Waals surface area contributed by atoms with E-state index in [0.717, 1.165) is 11.8 Å². The smallest absolute Gasteiger partial charge is 0.0966 e. The normalized spacial score (nSPS) is 21.5. The second kappa shape index (κ2) is 3.92. The Balaban J connectivity index is 2.30. The van der Waals surface area contributed by atoms with Gasteiger partial charge in [0.05, 0.1) is 5.84 Å². The first-order chi connectivity index (χ1) is 5.59. The molecule has 1 aliphatic rings. The molecule has 1 rings (SSSR count). The quantitative estimate of drug-likeness (QED) is 0.507. The molecule has 1 fully saturated rings. The van der Waals surface area contributed by atoms with Crippen LogP contribution in [0.25, 0.3) is 0 Å². The number of rotatable bonds is 4. The molecule has 0 aromatic heterocycles. The summed E-state index contributed by atoms with van der Waals surface area (Å²) in [7, 11) is 0. The topological polar surface area (TPSA) is 38.4 Å². The first-order valence-electron chi connectivity index (χ1n) is 4.92. The zero-order valence-corrected chi connectivity index (χ0v) is 8.38. The monoisotopic (exact) mass is 168 g/mol. The molecule has 0 aromatic rings. The summed E-state index contributed by atoms with van der Waals surface area (Å²) in [5.74, 6) is 2.15. The third kappa shape index (κ3) is 3.24. The van der Waals surface area contributed by atoms with E-state index in [1.165, 1.54) is 19.3 Å². The Morgan fingerprint density at radius 1 is 1.42 bits per heavy atom. The minimum Gasteiger partial charge on any atom is -0.387 e. The molecule has 0 heterocycles. The first kappa shape index (κ1) is 9.56. The van der Waals surface area contributed by atoms with Crippen LogP contribution in [-0.4, -0.2) is 11.9 Å². The summed E-state index contributed by atoms with van der Waals surface area (Å²) in [4.78, 5) is 4.45.